The van der Waals surface area contributed by atoms with Gasteiger partial charge in [0.25, 0.3) is 0 Å². The van der Waals surface area contributed by atoms with Crippen molar-refractivity contribution in [2.75, 3.05) is 18.0 Å². The van der Waals surface area contributed by atoms with Gasteiger partial charge in [0.15, 0.2) is 0 Å². The smallest absolute Gasteiger partial charge is 0.310 e. The Morgan fingerprint density at radius 1 is 1.50 bits per heavy atom. The largest absolute Gasteiger partial charge is 0.386 e. The third-order valence-corrected chi connectivity index (χ3v) is 3.80. The molecule has 1 N–H and O–H groups in total. The Kier molecular flexibility index (Phi) is 3.21. The first-order valence-electron chi connectivity index (χ1n) is 5.75. The van der Waals surface area contributed by atoms with Crippen LogP contribution in [0.2, 0.25) is 5.02 Å². The molecule has 6 heteroatoms. The third kappa shape index (κ3) is 2.04. The second-order valence-electron chi connectivity index (χ2n) is 4.98. The molecule has 1 aliphatic rings. The van der Waals surface area contributed by atoms with Crippen LogP contribution in [0.4, 0.5) is 11.4 Å². The first-order valence-corrected chi connectivity index (χ1v) is 6.13. The van der Waals surface area contributed by atoms with Gasteiger partial charge < -0.3 is 10.0 Å². The third-order valence-electron chi connectivity index (χ3n) is 3.49. The first kappa shape index (κ1) is 13.1. The predicted octanol–water partition coefficient (Wildman–Crippen LogP) is 2.46. The lowest BCUT2D eigenvalue weighted by atomic mass is 9.82. The Morgan fingerprint density at radius 3 is 2.61 bits per heavy atom. The number of nitrogens with zero attached hydrogens (tertiary/aromatic N) is 2. The number of anilines is 1. The van der Waals surface area contributed by atoms with E-state index in [9.17, 15) is 15.2 Å². The summed E-state index contributed by atoms with van der Waals surface area (Å²) in [6, 6.07) is 4.83. The lowest BCUT2D eigenvalue weighted by Gasteiger charge is -2.50. The molecule has 1 aromatic carbocycles. The molecule has 0 aliphatic carbocycles. The Morgan fingerprint density at radius 2 is 2.11 bits per heavy atom. The van der Waals surface area contributed by atoms with E-state index >= 15 is 0 Å². The normalized spacial score (nSPS) is 17.7. The highest BCUT2D eigenvalue weighted by Gasteiger charge is 2.45. The van der Waals surface area contributed by atoms with Crippen molar-refractivity contribution in [3.8, 4) is 0 Å². The molecule has 0 aromatic heterocycles. The number of nitro benzene ring substituents is 1. The van der Waals surface area contributed by atoms with E-state index in [0.29, 0.717) is 18.8 Å². The average Bonchev–Trinajstić information content (AvgIpc) is 2.23. The number of β-amino-alcohol motifs (C(OH)–C–C–N with tert-alkyl or cyclic N) is 1. The van der Waals surface area contributed by atoms with E-state index in [1.807, 2.05) is 13.8 Å². The topological polar surface area (TPSA) is 66.6 Å². The van der Waals surface area contributed by atoms with Crippen LogP contribution in [-0.2, 0) is 0 Å². The molecule has 5 nitrogen and oxygen atoms in total. The van der Waals surface area contributed by atoms with Crippen LogP contribution in [0.5, 0.6) is 0 Å². The summed E-state index contributed by atoms with van der Waals surface area (Å²) < 4.78 is 0. The summed E-state index contributed by atoms with van der Waals surface area (Å²) in [5.41, 5.74) is -0.390. The second-order valence-corrected chi connectivity index (χ2v) is 5.39. The van der Waals surface area contributed by atoms with Crippen molar-refractivity contribution in [1.82, 2.24) is 0 Å². The molecule has 0 saturated carbocycles. The quantitative estimate of drug-likeness (QED) is 0.677. The molecule has 1 saturated heterocycles. The van der Waals surface area contributed by atoms with Crippen LogP contribution in [0.1, 0.15) is 13.8 Å². The van der Waals surface area contributed by atoms with Crippen molar-refractivity contribution >= 4 is 23.0 Å². The molecule has 0 spiro atoms. The predicted molar refractivity (Wildman–Crippen MR) is 70.1 cm³/mol. The number of benzene rings is 1. The molecular weight excluding hydrogens is 256 g/mol. The van der Waals surface area contributed by atoms with Gasteiger partial charge in [0.2, 0.25) is 0 Å². The fourth-order valence-corrected chi connectivity index (χ4v) is 2.33. The zero-order valence-electron chi connectivity index (χ0n) is 10.3. The molecule has 98 valence electrons. The monoisotopic (exact) mass is 270 g/mol. The molecule has 1 fully saturated rings. The van der Waals surface area contributed by atoms with Crippen molar-refractivity contribution in [2.24, 2.45) is 5.92 Å². The van der Waals surface area contributed by atoms with Gasteiger partial charge in [-0.15, -0.1) is 0 Å². The van der Waals surface area contributed by atoms with E-state index in [1.54, 1.807) is 17.0 Å². The first-order chi connectivity index (χ1) is 8.35. The van der Waals surface area contributed by atoms with Gasteiger partial charge in [0, 0.05) is 13.1 Å². The van der Waals surface area contributed by atoms with Crippen LogP contribution in [-0.4, -0.2) is 28.7 Å². The Bertz CT molecular complexity index is 484. The number of hydrogen-bond acceptors (Lipinski definition) is 4. The van der Waals surface area contributed by atoms with Gasteiger partial charge in [-0.1, -0.05) is 31.5 Å². The minimum atomic E-state index is -0.768. The summed E-state index contributed by atoms with van der Waals surface area (Å²) in [5, 5.41) is 21.3. The van der Waals surface area contributed by atoms with E-state index in [0.717, 1.165) is 0 Å². The molecule has 0 amide bonds. The van der Waals surface area contributed by atoms with Gasteiger partial charge in [-0.2, -0.15) is 0 Å². The number of para-hydroxylation sites is 1. The van der Waals surface area contributed by atoms with E-state index in [2.05, 4.69) is 0 Å². The zero-order chi connectivity index (χ0) is 13.5. The summed E-state index contributed by atoms with van der Waals surface area (Å²) in [4.78, 5) is 12.3. The van der Waals surface area contributed by atoms with Crippen molar-refractivity contribution in [3.05, 3.63) is 33.3 Å². The summed E-state index contributed by atoms with van der Waals surface area (Å²) in [7, 11) is 0. The van der Waals surface area contributed by atoms with Crippen LogP contribution in [0.15, 0.2) is 18.2 Å². The lowest BCUT2D eigenvalue weighted by molar-refractivity contribution is -0.384. The maximum atomic E-state index is 11.0. The summed E-state index contributed by atoms with van der Waals surface area (Å²) in [6.45, 7) is 4.66. The Balaban J connectivity index is 2.27. The molecule has 0 unspecified atom stereocenters. The second kappa shape index (κ2) is 4.40. The lowest BCUT2D eigenvalue weighted by Crippen LogP contribution is -2.64. The Hall–Kier alpha value is -1.33. The molecule has 1 aromatic rings. The van der Waals surface area contributed by atoms with Crippen LogP contribution >= 0.6 is 11.6 Å². The van der Waals surface area contributed by atoms with E-state index in [-0.39, 0.29) is 16.6 Å². The van der Waals surface area contributed by atoms with E-state index in [4.69, 9.17) is 11.6 Å². The maximum absolute atomic E-state index is 11.0. The molecule has 0 radical (unpaired) electrons. The maximum Gasteiger partial charge on any atom is 0.310 e. The zero-order valence-corrected chi connectivity index (χ0v) is 11.0. The van der Waals surface area contributed by atoms with Crippen molar-refractivity contribution in [3.63, 3.8) is 0 Å². The molecule has 0 atom stereocenters. The van der Waals surface area contributed by atoms with Gasteiger partial charge in [-0.25, -0.2) is 0 Å². The van der Waals surface area contributed by atoms with Crippen molar-refractivity contribution < 1.29 is 10.0 Å². The van der Waals surface area contributed by atoms with Gasteiger partial charge in [-0.05, 0) is 18.1 Å². The fourth-order valence-electron chi connectivity index (χ4n) is 2.09. The Labute approximate surface area is 110 Å². The van der Waals surface area contributed by atoms with Crippen LogP contribution in [0.25, 0.3) is 0 Å². The summed E-state index contributed by atoms with van der Waals surface area (Å²) in [6.07, 6.45) is 0. The minimum absolute atomic E-state index is 0.0926. The summed E-state index contributed by atoms with van der Waals surface area (Å²) in [5.74, 6) is 0.118. The standard InChI is InChI=1S/C12H15ClN2O3/c1-8(2)12(16)6-14(7-12)10-5-3-4-9(13)11(10)15(17)18/h3-5,8,16H,6-7H2,1-2H3. The van der Waals surface area contributed by atoms with Gasteiger partial charge in [-0.3, -0.25) is 10.1 Å². The van der Waals surface area contributed by atoms with Crippen molar-refractivity contribution in [1.29, 1.82) is 0 Å². The van der Waals surface area contributed by atoms with Gasteiger partial charge in [0.05, 0.1) is 4.92 Å². The van der Waals surface area contributed by atoms with Gasteiger partial charge >= 0.3 is 5.69 Å². The molecule has 1 aliphatic heterocycles. The minimum Gasteiger partial charge on any atom is -0.386 e. The number of rotatable bonds is 3. The number of nitro groups is 1. The molecule has 1 heterocycles. The highest BCUT2D eigenvalue weighted by atomic mass is 35.5. The highest BCUT2D eigenvalue weighted by Crippen LogP contribution is 2.40. The SMILES string of the molecule is CC(C)C1(O)CN(c2cccc(Cl)c2[N+](=O)[O-])C1. The summed E-state index contributed by atoms with van der Waals surface area (Å²) >= 11 is 5.85. The van der Waals surface area contributed by atoms with Crippen LogP contribution in [0, 0.1) is 16.0 Å². The fraction of sp³-hybridized carbons (Fsp3) is 0.500. The van der Waals surface area contributed by atoms with Crippen LogP contribution in [0.3, 0.4) is 0 Å². The molecular formula is C12H15ClN2O3. The number of hydrogen-bond donors (Lipinski definition) is 1. The van der Waals surface area contributed by atoms with Crippen molar-refractivity contribution in [2.45, 2.75) is 19.4 Å². The number of halogens is 1. The highest BCUT2D eigenvalue weighted by molar-refractivity contribution is 6.33. The van der Waals surface area contributed by atoms with Gasteiger partial charge in [0.1, 0.15) is 16.3 Å². The number of aliphatic hydroxyl groups is 1. The molecule has 18 heavy (non-hydrogen) atoms. The van der Waals surface area contributed by atoms with E-state index < -0.39 is 10.5 Å². The molecule has 0 bridgehead atoms. The molecule has 2 rings (SSSR count). The average molecular weight is 271 g/mol. The van der Waals surface area contributed by atoms with Crippen LogP contribution < -0.4 is 4.90 Å². The van der Waals surface area contributed by atoms with E-state index in [1.165, 1.54) is 6.07 Å².